The van der Waals surface area contributed by atoms with Crippen molar-refractivity contribution >= 4 is 19.8 Å². The third kappa shape index (κ3) is 9.16. The van der Waals surface area contributed by atoms with E-state index in [1.807, 2.05) is 0 Å². The first-order chi connectivity index (χ1) is 6.70. The van der Waals surface area contributed by atoms with Crippen molar-refractivity contribution in [2.75, 3.05) is 19.6 Å². The number of hydrogen-bond donors (Lipinski definition) is 5. The third-order valence-electron chi connectivity index (χ3n) is 1.29. The zero-order valence-corrected chi connectivity index (χ0v) is 8.54. The highest BCUT2D eigenvalue weighted by atomic mass is 31.2. The van der Waals surface area contributed by atoms with Gasteiger partial charge in [0.1, 0.15) is 6.54 Å². The van der Waals surface area contributed by atoms with E-state index in [4.69, 9.17) is 30.1 Å². The second-order valence-corrected chi connectivity index (χ2v) is 3.60. The molecule has 10 heteroatoms. The molecular formula is C5H12N3O6P. The van der Waals surface area contributed by atoms with E-state index in [9.17, 15) is 4.79 Å². The summed E-state index contributed by atoms with van der Waals surface area (Å²) in [6, 6.07) is 0. The molecular weight excluding hydrogens is 229 g/mol. The Kier molecular flexibility index (Phi) is 5.23. The van der Waals surface area contributed by atoms with Crippen LogP contribution in [-0.4, -0.2) is 56.2 Å². The molecule has 0 saturated carbocycles. The molecule has 0 saturated heterocycles. The number of phosphoric acid groups is 1. The molecule has 0 aromatic rings. The Morgan fingerprint density at radius 1 is 1.53 bits per heavy atom. The monoisotopic (exact) mass is 241 g/mol. The van der Waals surface area contributed by atoms with E-state index in [1.54, 1.807) is 0 Å². The number of aliphatic carboxylic acids is 1. The first-order valence-corrected chi connectivity index (χ1v) is 5.31. The first kappa shape index (κ1) is 13.8. The largest absolute Gasteiger partial charge is 0.480 e. The van der Waals surface area contributed by atoms with Gasteiger partial charge < -0.3 is 30.4 Å². The van der Waals surface area contributed by atoms with E-state index in [2.05, 4.69) is 4.99 Å². The van der Waals surface area contributed by atoms with Gasteiger partial charge in [-0.25, -0.2) is 4.57 Å². The van der Waals surface area contributed by atoms with E-state index < -0.39 is 13.8 Å². The Balaban J connectivity index is 0.000000336. The van der Waals surface area contributed by atoms with Gasteiger partial charge in [0.25, 0.3) is 0 Å². The number of guanidine groups is 1. The van der Waals surface area contributed by atoms with Crippen LogP contribution in [0.5, 0.6) is 0 Å². The second kappa shape index (κ2) is 5.66. The Labute approximate surface area is 85.1 Å². The molecule has 15 heavy (non-hydrogen) atoms. The predicted molar refractivity (Wildman–Crippen MR) is 50.0 cm³/mol. The quantitative estimate of drug-likeness (QED) is 0.340. The fourth-order valence-corrected chi connectivity index (χ4v) is 0.823. The molecule has 88 valence electrons. The molecule has 0 bridgehead atoms. The Bertz CT molecular complexity index is 291. The molecule has 0 unspecified atom stereocenters. The minimum absolute atomic E-state index is 0.0463. The lowest BCUT2D eigenvalue weighted by atomic mass is 10.5. The van der Waals surface area contributed by atoms with Crippen molar-refractivity contribution in [1.29, 1.82) is 0 Å². The minimum Gasteiger partial charge on any atom is -0.480 e. The van der Waals surface area contributed by atoms with Gasteiger partial charge in [-0.2, -0.15) is 0 Å². The summed E-state index contributed by atoms with van der Waals surface area (Å²) in [5, 5.41) is 8.34. The number of rotatable bonds is 2. The van der Waals surface area contributed by atoms with Gasteiger partial charge in [0.2, 0.25) is 0 Å². The summed E-state index contributed by atoms with van der Waals surface area (Å²) in [5.74, 6) is -0.539. The number of nitrogens with zero attached hydrogens (tertiary/aromatic N) is 2. The highest BCUT2D eigenvalue weighted by Gasteiger charge is 2.15. The van der Waals surface area contributed by atoms with Gasteiger partial charge in [0.15, 0.2) is 5.96 Å². The molecule has 9 nitrogen and oxygen atoms in total. The second-order valence-electron chi connectivity index (χ2n) is 2.57. The number of carboxylic acids is 1. The van der Waals surface area contributed by atoms with Crippen LogP contribution in [0, 0.1) is 0 Å². The summed E-state index contributed by atoms with van der Waals surface area (Å²) in [6.45, 7) is 1.19. The van der Waals surface area contributed by atoms with Crippen molar-refractivity contribution < 1.29 is 29.1 Å². The molecule has 6 N–H and O–H groups in total. The Hall–Kier alpha value is -1.15. The molecule has 0 amide bonds. The van der Waals surface area contributed by atoms with Crippen molar-refractivity contribution in [2.45, 2.75) is 0 Å². The van der Waals surface area contributed by atoms with E-state index in [0.29, 0.717) is 19.0 Å². The summed E-state index contributed by atoms with van der Waals surface area (Å²) in [7, 11) is -4.64. The summed E-state index contributed by atoms with van der Waals surface area (Å²) in [6.07, 6.45) is 0. The van der Waals surface area contributed by atoms with Crippen LogP contribution in [0.1, 0.15) is 0 Å². The molecule has 1 heterocycles. The number of nitrogens with two attached hydrogens (primary N) is 1. The van der Waals surface area contributed by atoms with Crippen LogP contribution in [0.4, 0.5) is 0 Å². The van der Waals surface area contributed by atoms with E-state index in [-0.39, 0.29) is 6.54 Å². The van der Waals surface area contributed by atoms with E-state index >= 15 is 0 Å². The summed E-state index contributed by atoms with van der Waals surface area (Å²) in [4.78, 5) is 37.1. The van der Waals surface area contributed by atoms with Crippen molar-refractivity contribution in [3.8, 4) is 0 Å². The van der Waals surface area contributed by atoms with Crippen molar-refractivity contribution in [3.05, 3.63) is 0 Å². The fourth-order valence-electron chi connectivity index (χ4n) is 0.823. The highest BCUT2D eigenvalue weighted by molar-refractivity contribution is 7.45. The maximum atomic E-state index is 10.1. The van der Waals surface area contributed by atoms with Gasteiger partial charge in [-0.1, -0.05) is 0 Å². The smallest absolute Gasteiger partial charge is 0.466 e. The number of aliphatic imine (C=N–C) groups is 1. The van der Waals surface area contributed by atoms with Crippen LogP contribution in [0.2, 0.25) is 0 Å². The van der Waals surface area contributed by atoms with Crippen LogP contribution in [0.15, 0.2) is 4.99 Å². The van der Waals surface area contributed by atoms with Gasteiger partial charge >= 0.3 is 13.8 Å². The molecule has 0 aromatic heterocycles. The minimum atomic E-state index is -4.64. The van der Waals surface area contributed by atoms with Gasteiger partial charge in [-0.3, -0.25) is 9.79 Å². The van der Waals surface area contributed by atoms with Crippen LogP contribution in [0.25, 0.3) is 0 Å². The molecule has 0 atom stereocenters. The number of carboxylic acid groups (broad SMARTS) is 1. The molecule has 1 aliphatic rings. The maximum Gasteiger partial charge on any atom is 0.466 e. The zero-order valence-electron chi connectivity index (χ0n) is 7.65. The number of carbonyl (C=O) groups is 1. The lowest BCUT2D eigenvalue weighted by Gasteiger charge is -2.13. The zero-order chi connectivity index (χ0) is 12.1. The normalized spacial score (nSPS) is 15.4. The topological polar surface area (TPSA) is 157 Å². The average molecular weight is 241 g/mol. The van der Waals surface area contributed by atoms with Crippen LogP contribution in [-0.2, 0) is 9.36 Å². The van der Waals surface area contributed by atoms with Crippen molar-refractivity contribution in [1.82, 2.24) is 4.90 Å². The first-order valence-electron chi connectivity index (χ1n) is 3.75. The van der Waals surface area contributed by atoms with Crippen LogP contribution < -0.4 is 5.73 Å². The van der Waals surface area contributed by atoms with E-state index in [1.165, 1.54) is 4.90 Å². The van der Waals surface area contributed by atoms with Gasteiger partial charge in [0.05, 0.1) is 6.54 Å². The number of hydrogen-bond acceptors (Lipinski definition) is 5. The fraction of sp³-hybridized carbons (Fsp3) is 0.600. The Morgan fingerprint density at radius 3 is 2.27 bits per heavy atom. The maximum absolute atomic E-state index is 10.1. The van der Waals surface area contributed by atoms with Crippen LogP contribution >= 0.6 is 7.82 Å². The molecule has 0 aliphatic carbocycles. The summed E-state index contributed by atoms with van der Waals surface area (Å²) in [5.41, 5.74) is 5.34. The van der Waals surface area contributed by atoms with Gasteiger partial charge in [-0.15, -0.1) is 0 Å². The van der Waals surface area contributed by atoms with Gasteiger partial charge in [-0.05, 0) is 0 Å². The molecule has 1 rings (SSSR count). The molecule has 0 spiro atoms. The summed E-state index contributed by atoms with van der Waals surface area (Å²) < 4.78 is 8.88. The van der Waals surface area contributed by atoms with Crippen molar-refractivity contribution in [2.24, 2.45) is 10.7 Å². The predicted octanol–water partition coefficient (Wildman–Crippen LogP) is -2.23. The highest BCUT2D eigenvalue weighted by Crippen LogP contribution is 2.25. The lowest BCUT2D eigenvalue weighted by molar-refractivity contribution is -0.137. The van der Waals surface area contributed by atoms with Crippen molar-refractivity contribution in [3.63, 3.8) is 0 Å². The Morgan fingerprint density at radius 2 is 2.00 bits per heavy atom. The molecule has 1 aliphatic heterocycles. The van der Waals surface area contributed by atoms with Crippen LogP contribution in [0.3, 0.4) is 0 Å². The van der Waals surface area contributed by atoms with E-state index in [0.717, 1.165) is 0 Å². The SMILES string of the molecule is NC1=NCCN1CC(=O)O.O=P(O)(O)O. The van der Waals surface area contributed by atoms with Gasteiger partial charge in [0, 0.05) is 6.54 Å². The lowest BCUT2D eigenvalue weighted by Crippen LogP contribution is -2.37. The summed E-state index contributed by atoms with van der Waals surface area (Å²) >= 11 is 0. The molecule has 0 radical (unpaired) electrons. The standard InChI is InChI=1S/C5H9N3O2.H3O4P/c6-5-7-1-2-8(5)3-4(9)10;1-5(2,3)4/h1-3H2,(H2,6,7)(H,9,10);(H3,1,2,3,4). The average Bonchev–Trinajstić information content (AvgIpc) is 2.31. The molecule has 0 fully saturated rings. The molecule has 0 aromatic carbocycles. The third-order valence-corrected chi connectivity index (χ3v) is 1.29.